The molecular weight excluding hydrogens is 274 g/mol. The highest BCUT2D eigenvalue weighted by Crippen LogP contribution is 2.12. The summed E-state index contributed by atoms with van der Waals surface area (Å²) in [5.74, 6) is -1.12. The Morgan fingerprint density at radius 3 is 2.67 bits per heavy atom. The molecule has 0 saturated carbocycles. The first-order valence-electron chi connectivity index (χ1n) is 6.21. The molecule has 0 aliphatic carbocycles. The van der Waals surface area contributed by atoms with Crippen LogP contribution in [0, 0.1) is 0 Å². The molecule has 0 unspecified atom stereocenters. The maximum Gasteiger partial charge on any atom is 0.280 e. The summed E-state index contributed by atoms with van der Waals surface area (Å²) in [6, 6.07) is 7.00. The minimum Gasteiger partial charge on any atom is -0.398 e. The zero-order valence-corrected chi connectivity index (χ0v) is 12.1. The fourth-order valence-electron chi connectivity index (χ4n) is 1.58. The van der Waals surface area contributed by atoms with Crippen LogP contribution in [0.15, 0.2) is 34.6 Å². The molecule has 1 N–H and O–H groups in total. The lowest BCUT2D eigenvalue weighted by molar-refractivity contribution is -0.125. The van der Waals surface area contributed by atoms with E-state index in [-0.39, 0.29) is 12.3 Å². The topological polar surface area (TPSA) is 89.3 Å². The summed E-state index contributed by atoms with van der Waals surface area (Å²) >= 11 is 0. The van der Waals surface area contributed by atoms with Crippen molar-refractivity contribution in [1.82, 2.24) is 5.32 Å². The lowest BCUT2D eigenvalue weighted by Crippen LogP contribution is -2.35. The van der Waals surface area contributed by atoms with Gasteiger partial charge in [-0.1, -0.05) is 34.6 Å². The molecule has 0 aromatic heterocycles. The largest absolute Gasteiger partial charge is 0.398 e. The first kappa shape index (κ1) is 16.4. The molecule has 7 nitrogen and oxygen atoms in total. The Hall–Kier alpha value is -2.70. The number of hydrogen-bond donors (Lipinski definition) is 1. The van der Waals surface area contributed by atoms with E-state index in [9.17, 15) is 9.59 Å². The van der Waals surface area contributed by atoms with Crippen LogP contribution in [0.25, 0.3) is 0 Å². The molecule has 112 valence electrons. The Morgan fingerprint density at radius 1 is 1.33 bits per heavy atom. The van der Waals surface area contributed by atoms with Crippen LogP contribution in [0.4, 0.5) is 0 Å². The standard InChI is InChI=1S/C14H17N3O4/c1-4-15-21-9-11-7-5-6-8-12(11)13(17-20-3)14(19)16-10(2)18/h4-8H,9H2,1-3H3,(H,16,18,19)/b15-4-,17-13+. The Kier molecular flexibility index (Phi) is 6.59. The zero-order chi connectivity index (χ0) is 15.7. The number of rotatable bonds is 6. The summed E-state index contributed by atoms with van der Waals surface area (Å²) in [5.41, 5.74) is 1.19. The van der Waals surface area contributed by atoms with Crippen LogP contribution in [0.5, 0.6) is 0 Å². The molecule has 0 fully saturated rings. The minimum atomic E-state index is -0.643. The number of carbonyl (C=O) groups is 2. The van der Waals surface area contributed by atoms with Crippen molar-refractivity contribution in [3.8, 4) is 0 Å². The van der Waals surface area contributed by atoms with Gasteiger partial charge in [0.1, 0.15) is 13.7 Å². The molecule has 0 bridgehead atoms. The maximum absolute atomic E-state index is 12.0. The molecule has 0 spiro atoms. The third-order valence-corrected chi connectivity index (χ3v) is 2.36. The summed E-state index contributed by atoms with van der Waals surface area (Å²) < 4.78 is 0. The smallest absolute Gasteiger partial charge is 0.280 e. The van der Waals surface area contributed by atoms with Crippen LogP contribution in [-0.2, 0) is 25.9 Å². The van der Waals surface area contributed by atoms with E-state index in [0.29, 0.717) is 11.1 Å². The first-order chi connectivity index (χ1) is 10.1. The van der Waals surface area contributed by atoms with Gasteiger partial charge in [-0.2, -0.15) is 0 Å². The Bertz CT molecular complexity index is 567. The summed E-state index contributed by atoms with van der Waals surface area (Å²) in [5, 5.41) is 9.51. The van der Waals surface area contributed by atoms with Crippen molar-refractivity contribution in [2.24, 2.45) is 10.3 Å². The molecule has 0 atom stereocenters. The summed E-state index contributed by atoms with van der Waals surface area (Å²) in [6.07, 6.45) is 1.51. The van der Waals surface area contributed by atoms with Crippen molar-refractivity contribution in [3.05, 3.63) is 35.4 Å². The van der Waals surface area contributed by atoms with E-state index in [1.165, 1.54) is 20.2 Å². The van der Waals surface area contributed by atoms with Crippen molar-refractivity contribution < 1.29 is 19.3 Å². The van der Waals surface area contributed by atoms with Crippen molar-refractivity contribution in [2.45, 2.75) is 20.5 Å². The molecule has 0 heterocycles. The molecule has 0 aliphatic rings. The molecular formula is C14H17N3O4. The van der Waals surface area contributed by atoms with Crippen molar-refractivity contribution in [3.63, 3.8) is 0 Å². The molecule has 1 aromatic rings. The van der Waals surface area contributed by atoms with Crippen LogP contribution in [0.3, 0.4) is 0 Å². The summed E-state index contributed by atoms with van der Waals surface area (Å²) in [4.78, 5) is 32.8. The first-order valence-corrected chi connectivity index (χ1v) is 6.21. The second-order valence-electron chi connectivity index (χ2n) is 3.93. The van der Waals surface area contributed by atoms with Crippen LogP contribution in [-0.4, -0.2) is 30.9 Å². The van der Waals surface area contributed by atoms with Gasteiger partial charge < -0.3 is 9.68 Å². The fraction of sp³-hybridized carbons (Fsp3) is 0.286. The molecule has 0 aliphatic heterocycles. The van der Waals surface area contributed by atoms with Gasteiger partial charge in [-0.05, 0) is 6.92 Å². The van der Waals surface area contributed by atoms with E-state index in [1.54, 1.807) is 31.2 Å². The average Bonchev–Trinajstić information content (AvgIpc) is 2.45. The molecule has 2 amide bonds. The summed E-state index contributed by atoms with van der Waals surface area (Å²) in [6.45, 7) is 3.13. The highest BCUT2D eigenvalue weighted by molar-refractivity contribution is 6.47. The van der Waals surface area contributed by atoms with Gasteiger partial charge in [0, 0.05) is 24.3 Å². The van der Waals surface area contributed by atoms with Gasteiger partial charge in [0.25, 0.3) is 5.91 Å². The van der Waals surface area contributed by atoms with E-state index in [4.69, 9.17) is 4.84 Å². The van der Waals surface area contributed by atoms with Gasteiger partial charge in [-0.3, -0.25) is 14.9 Å². The lowest BCUT2D eigenvalue weighted by Gasteiger charge is -2.10. The number of carbonyl (C=O) groups excluding carboxylic acids is 2. The lowest BCUT2D eigenvalue weighted by atomic mass is 10.0. The molecule has 1 aromatic carbocycles. The van der Waals surface area contributed by atoms with E-state index < -0.39 is 11.8 Å². The van der Waals surface area contributed by atoms with Crippen molar-refractivity contribution in [2.75, 3.05) is 7.11 Å². The number of nitrogens with one attached hydrogen (secondary N) is 1. The number of benzene rings is 1. The van der Waals surface area contributed by atoms with Gasteiger partial charge >= 0.3 is 0 Å². The van der Waals surface area contributed by atoms with Gasteiger partial charge in [0.15, 0.2) is 5.71 Å². The zero-order valence-electron chi connectivity index (χ0n) is 12.1. The molecule has 0 radical (unpaired) electrons. The maximum atomic E-state index is 12.0. The van der Waals surface area contributed by atoms with Gasteiger partial charge in [0.05, 0.1) is 0 Å². The normalized spacial score (nSPS) is 11.3. The van der Waals surface area contributed by atoms with Crippen LogP contribution in [0.1, 0.15) is 25.0 Å². The van der Waals surface area contributed by atoms with E-state index >= 15 is 0 Å². The summed E-state index contributed by atoms with van der Waals surface area (Å²) in [7, 11) is 1.32. The monoisotopic (exact) mass is 291 g/mol. The Labute approximate surface area is 122 Å². The van der Waals surface area contributed by atoms with Gasteiger partial charge in [-0.15, -0.1) is 0 Å². The average molecular weight is 291 g/mol. The fourth-order valence-corrected chi connectivity index (χ4v) is 1.58. The van der Waals surface area contributed by atoms with E-state index in [0.717, 1.165) is 0 Å². The van der Waals surface area contributed by atoms with Gasteiger partial charge in [0.2, 0.25) is 5.91 Å². The Morgan fingerprint density at radius 2 is 2.05 bits per heavy atom. The molecule has 21 heavy (non-hydrogen) atoms. The number of oxime groups is 2. The number of hydrogen-bond acceptors (Lipinski definition) is 6. The number of nitrogens with zero attached hydrogens (tertiary/aromatic N) is 2. The van der Waals surface area contributed by atoms with Crippen molar-refractivity contribution >= 4 is 23.7 Å². The second kappa shape index (κ2) is 8.47. The molecule has 7 heteroatoms. The predicted molar refractivity (Wildman–Crippen MR) is 77.8 cm³/mol. The Balaban J connectivity index is 3.11. The minimum absolute atomic E-state index is 0.00706. The van der Waals surface area contributed by atoms with Crippen molar-refractivity contribution in [1.29, 1.82) is 0 Å². The SMILES string of the molecule is C/C=N\OCc1ccccc1/C(=N\OC)C(=O)NC(C)=O. The molecule has 0 saturated heterocycles. The van der Waals surface area contributed by atoms with Gasteiger partial charge in [-0.25, -0.2) is 0 Å². The third-order valence-electron chi connectivity index (χ3n) is 2.36. The second-order valence-corrected chi connectivity index (χ2v) is 3.93. The van der Waals surface area contributed by atoms with Crippen LogP contribution in [0.2, 0.25) is 0 Å². The highest BCUT2D eigenvalue weighted by atomic mass is 16.6. The molecule has 1 rings (SSSR count). The third kappa shape index (κ3) is 5.06. The quantitative estimate of drug-likeness (QED) is 0.630. The van der Waals surface area contributed by atoms with E-state index in [1.807, 2.05) is 0 Å². The number of imide groups is 1. The van der Waals surface area contributed by atoms with Crippen LogP contribution < -0.4 is 5.32 Å². The van der Waals surface area contributed by atoms with E-state index in [2.05, 4.69) is 20.5 Å². The van der Waals surface area contributed by atoms with Crippen LogP contribution >= 0.6 is 0 Å². The highest BCUT2D eigenvalue weighted by Gasteiger charge is 2.19. The predicted octanol–water partition coefficient (Wildman–Crippen LogP) is 1.22. The number of amides is 2.